The minimum absolute atomic E-state index is 0. The number of aliphatic hydroxyl groups is 1. The van der Waals surface area contributed by atoms with E-state index in [2.05, 4.69) is 0 Å². The number of rotatable bonds is 0. The first-order chi connectivity index (χ1) is 5.15. The van der Waals surface area contributed by atoms with Gasteiger partial charge in [0.2, 0.25) is 0 Å². The van der Waals surface area contributed by atoms with Crippen LogP contribution in [0.2, 0.25) is 0 Å². The molecule has 0 spiro atoms. The molecule has 0 aromatic rings. The molecule has 6 nitrogen and oxygen atoms in total. The normalized spacial score (nSPS) is 7.36. The molecule has 14 heavy (non-hydrogen) atoms. The molecule has 0 bridgehead atoms. The number of hydrogen-bond donors (Lipinski definition) is 2. The summed E-state index contributed by atoms with van der Waals surface area (Å²) in [6.07, 6.45) is -0.167. The maximum Gasteiger partial charge on any atom is 1.00 e. The zero-order valence-corrected chi connectivity index (χ0v) is 14.0. The summed E-state index contributed by atoms with van der Waals surface area (Å²) in [7, 11) is -5.14. The standard InChI is InChI=1S/C3H8O.C2H3N.2Na.H3O4P/c1-3(2)4;1-2-3;;;1-5(2,3)4/h3-4H,1-2H3;1H3;;;(H3,1,2,3,4)/q;;2*+1;/p-2. The molecule has 0 atom stereocenters. The Morgan fingerprint density at radius 2 is 1.36 bits per heavy atom. The van der Waals surface area contributed by atoms with Crippen molar-refractivity contribution in [2.45, 2.75) is 26.9 Å². The Morgan fingerprint density at radius 3 is 1.36 bits per heavy atom. The Labute approximate surface area is 128 Å². The molecule has 0 aliphatic carbocycles. The van der Waals surface area contributed by atoms with Gasteiger partial charge in [-0.1, -0.05) is 0 Å². The van der Waals surface area contributed by atoms with Gasteiger partial charge in [-0.3, -0.25) is 0 Å². The van der Waals surface area contributed by atoms with Gasteiger partial charge in [0.1, 0.15) is 0 Å². The Bertz CT molecular complexity index is 155. The van der Waals surface area contributed by atoms with Gasteiger partial charge in [0.25, 0.3) is 0 Å². The van der Waals surface area contributed by atoms with E-state index in [1.54, 1.807) is 19.9 Å². The van der Waals surface area contributed by atoms with Crippen LogP contribution >= 0.6 is 7.82 Å². The Morgan fingerprint density at radius 1 is 1.36 bits per heavy atom. The maximum atomic E-state index is 8.66. The van der Waals surface area contributed by atoms with Crippen molar-refractivity contribution in [2.75, 3.05) is 0 Å². The molecule has 0 aliphatic rings. The van der Waals surface area contributed by atoms with E-state index in [4.69, 9.17) is 29.6 Å². The monoisotopic (exact) mass is 243 g/mol. The van der Waals surface area contributed by atoms with Crippen molar-refractivity contribution in [1.82, 2.24) is 0 Å². The molecule has 0 radical (unpaired) electrons. The van der Waals surface area contributed by atoms with Gasteiger partial charge in [-0.15, -0.1) is 0 Å². The third-order valence-electron chi connectivity index (χ3n) is 0. The van der Waals surface area contributed by atoms with Gasteiger partial charge in [-0.25, -0.2) is 0 Å². The summed E-state index contributed by atoms with van der Waals surface area (Å²) in [5, 5.41) is 15.4. The van der Waals surface area contributed by atoms with Crippen LogP contribution in [-0.2, 0) is 4.57 Å². The van der Waals surface area contributed by atoms with Crippen molar-refractivity contribution in [3.63, 3.8) is 0 Å². The fourth-order valence-corrected chi connectivity index (χ4v) is 0. The van der Waals surface area contributed by atoms with E-state index in [-0.39, 0.29) is 65.2 Å². The number of nitrogens with zero attached hydrogens (tertiary/aromatic N) is 1. The van der Waals surface area contributed by atoms with Crippen molar-refractivity contribution < 1.29 is 83.5 Å². The SMILES string of the molecule is CC#N.CC(C)O.O=P([O-])([O-])O.[Na+].[Na+]. The summed E-state index contributed by atoms with van der Waals surface area (Å²) < 4.78 is 8.66. The molecule has 0 aliphatic heterocycles. The van der Waals surface area contributed by atoms with Gasteiger partial charge in [0, 0.05) is 13.0 Å². The smallest absolute Gasteiger partial charge is 0.790 e. The molecule has 0 fully saturated rings. The molecule has 0 aromatic heterocycles. The summed E-state index contributed by atoms with van der Waals surface area (Å²) in [5.74, 6) is 0. The van der Waals surface area contributed by atoms with Crippen LogP contribution in [0, 0.1) is 11.3 Å². The average molecular weight is 243 g/mol. The van der Waals surface area contributed by atoms with Crippen LogP contribution in [0.4, 0.5) is 0 Å². The van der Waals surface area contributed by atoms with Crippen LogP contribution in [0.1, 0.15) is 20.8 Å². The fraction of sp³-hybridized carbons (Fsp3) is 0.800. The predicted molar refractivity (Wildman–Crippen MR) is 38.5 cm³/mol. The van der Waals surface area contributed by atoms with E-state index >= 15 is 0 Å². The van der Waals surface area contributed by atoms with Crippen molar-refractivity contribution in [3.8, 4) is 6.07 Å². The zero-order valence-electron chi connectivity index (χ0n) is 9.09. The van der Waals surface area contributed by atoms with Crippen LogP contribution in [0.5, 0.6) is 0 Å². The predicted octanol–water partition coefficient (Wildman–Crippen LogP) is -7.27. The van der Waals surface area contributed by atoms with Crippen LogP contribution in [0.15, 0.2) is 0 Å². The average Bonchev–Trinajstić information content (AvgIpc) is 1.56. The topological polar surface area (TPSA) is 127 Å². The first kappa shape index (κ1) is 29.6. The molecule has 0 aromatic carbocycles. The molecule has 0 saturated carbocycles. The van der Waals surface area contributed by atoms with Crippen molar-refractivity contribution >= 4 is 7.82 Å². The summed E-state index contributed by atoms with van der Waals surface area (Å²) in [4.78, 5) is 24.3. The summed E-state index contributed by atoms with van der Waals surface area (Å²) in [6.45, 7) is 4.88. The number of aliphatic hydroxyl groups excluding tert-OH is 1. The van der Waals surface area contributed by atoms with Gasteiger partial charge >= 0.3 is 59.1 Å². The molecule has 2 N–H and O–H groups in total. The van der Waals surface area contributed by atoms with E-state index in [0.29, 0.717) is 0 Å². The van der Waals surface area contributed by atoms with E-state index < -0.39 is 7.82 Å². The van der Waals surface area contributed by atoms with E-state index in [1.165, 1.54) is 6.92 Å². The van der Waals surface area contributed by atoms with Gasteiger partial charge in [-0.2, -0.15) is 5.26 Å². The third kappa shape index (κ3) is 879. The molecular formula is C5H12NNa2O5P. The van der Waals surface area contributed by atoms with Gasteiger partial charge in [-0.05, 0) is 13.8 Å². The minimum Gasteiger partial charge on any atom is -0.790 e. The second-order valence-electron chi connectivity index (χ2n) is 1.79. The number of hydrogen-bond acceptors (Lipinski definition) is 5. The van der Waals surface area contributed by atoms with Crippen LogP contribution in [0.25, 0.3) is 0 Å². The summed E-state index contributed by atoms with van der Waals surface area (Å²) in [5.41, 5.74) is 0. The summed E-state index contributed by atoms with van der Waals surface area (Å²) >= 11 is 0. The zero-order chi connectivity index (χ0) is 10.8. The number of phosphoric acid groups is 1. The number of nitriles is 1. The largest absolute Gasteiger partial charge is 1.00 e. The Balaban J connectivity index is -0.0000000278. The summed E-state index contributed by atoms with van der Waals surface area (Å²) in [6, 6.07) is 1.75. The minimum atomic E-state index is -5.14. The maximum absolute atomic E-state index is 8.66. The van der Waals surface area contributed by atoms with Crippen molar-refractivity contribution in [1.29, 1.82) is 5.26 Å². The van der Waals surface area contributed by atoms with Crippen LogP contribution in [0.3, 0.4) is 0 Å². The fourth-order valence-electron chi connectivity index (χ4n) is 0. The van der Waals surface area contributed by atoms with Crippen LogP contribution in [-0.4, -0.2) is 16.1 Å². The molecule has 0 rings (SSSR count). The van der Waals surface area contributed by atoms with E-state index in [9.17, 15) is 0 Å². The second-order valence-corrected chi connectivity index (χ2v) is 2.72. The first-order valence-electron chi connectivity index (χ1n) is 2.88. The van der Waals surface area contributed by atoms with Gasteiger partial charge in [0.05, 0.1) is 13.9 Å². The molecule has 0 saturated heterocycles. The molecule has 74 valence electrons. The Kier molecular flexibility index (Phi) is 42.3. The molecular weight excluding hydrogens is 231 g/mol. The molecule has 0 amide bonds. The van der Waals surface area contributed by atoms with E-state index in [0.717, 1.165) is 0 Å². The second kappa shape index (κ2) is 20.0. The molecule has 9 heteroatoms. The molecule has 0 unspecified atom stereocenters. The van der Waals surface area contributed by atoms with E-state index in [1.807, 2.05) is 0 Å². The van der Waals surface area contributed by atoms with Crippen LogP contribution < -0.4 is 68.9 Å². The van der Waals surface area contributed by atoms with Gasteiger partial charge < -0.3 is 24.4 Å². The third-order valence-corrected chi connectivity index (χ3v) is 0. The molecule has 0 heterocycles. The first-order valence-corrected chi connectivity index (χ1v) is 4.38. The van der Waals surface area contributed by atoms with Crippen molar-refractivity contribution in [2.24, 2.45) is 0 Å². The van der Waals surface area contributed by atoms with Gasteiger partial charge in [0.15, 0.2) is 0 Å². The Hall–Kier alpha value is 1.56. The van der Waals surface area contributed by atoms with Crippen molar-refractivity contribution in [3.05, 3.63) is 0 Å². The quantitative estimate of drug-likeness (QED) is 0.321.